The molecule has 2 amide bonds. The third kappa shape index (κ3) is 3.34. The summed E-state index contributed by atoms with van der Waals surface area (Å²) in [6.45, 7) is 4.12. The van der Waals surface area contributed by atoms with Gasteiger partial charge in [-0.2, -0.15) is 10.4 Å². The van der Waals surface area contributed by atoms with Gasteiger partial charge in [0.1, 0.15) is 23.5 Å². The summed E-state index contributed by atoms with van der Waals surface area (Å²) >= 11 is 6.36. The largest absolute Gasteiger partial charge is 0.382 e. The number of carbonyl (C=O) groups excluding carboxylic acids is 2. The highest BCUT2D eigenvalue weighted by Crippen LogP contribution is 2.43. The Balaban J connectivity index is 1.98. The molecule has 3 heterocycles. The van der Waals surface area contributed by atoms with E-state index in [1.165, 1.54) is 43.7 Å². The van der Waals surface area contributed by atoms with E-state index < -0.39 is 28.0 Å². The van der Waals surface area contributed by atoms with Gasteiger partial charge in [0.2, 0.25) is 5.91 Å². The molecule has 0 aliphatic carbocycles. The summed E-state index contributed by atoms with van der Waals surface area (Å²) in [5, 5.41) is 9.81. The molecule has 0 atom stereocenters. The smallest absolute Gasteiger partial charge is 0.251 e. The summed E-state index contributed by atoms with van der Waals surface area (Å²) in [5.41, 5.74) is 5.86. The lowest BCUT2D eigenvalue weighted by Gasteiger charge is -2.65. The van der Waals surface area contributed by atoms with Gasteiger partial charge in [-0.1, -0.05) is 17.7 Å². The van der Waals surface area contributed by atoms with Crippen LogP contribution in [0.2, 0.25) is 5.02 Å². The zero-order valence-electron chi connectivity index (χ0n) is 19.2. The van der Waals surface area contributed by atoms with Gasteiger partial charge in [-0.05, 0) is 42.7 Å². The Labute approximate surface area is 212 Å². The minimum absolute atomic E-state index is 0.0321. The first kappa shape index (κ1) is 24.7. The van der Waals surface area contributed by atoms with E-state index in [2.05, 4.69) is 10.1 Å². The van der Waals surface area contributed by atoms with Gasteiger partial charge in [0, 0.05) is 12.5 Å². The van der Waals surface area contributed by atoms with Crippen LogP contribution in [0.4, 0.5) is 11.5 Å². The Morgan fingerprint density at radius 3 is 2.43 bits per heavy atom. The standard InChI is InChI=1S/C21H16B4ClN7O2/c1-10(34)33-19(2,3)18(35)31(20(22,23)21(33,24)25)14-6-11(4-5-12(14)8-27)15-7-13(26)16-17(28)29-9-30-32(15)16/h4-7,9H,1-3H3,(H2,28,29,30). The van der Waals surface area contributed by atoms with Gasteiger partial charge < -0.3 is 15.5 Å². The van der Waals surface area contributed by atoms with Crippen molar-refractivity contribution in [2.45, 2.75) is 37.0 Å². The van der Waals surface area contributed by atoms with Crippen molar-refractivity contribution < 1.29 is 9.59 Å². The minimum atomic E-state index is -2.30. The Morgan fingerprint density at radius 1 is 1.17 bits per heavy atom. The second-order valence-corrected chi connectivity index (χ2v) is 9.24. The van der Waals surface area contributed by atoms with Crippen LogP contribution >= 0.6 is 11.6 Å². The van der Waals surface area contributed by atoms with E-state index >= 15 is 0 Å². The number of aromatic nitrogens is 3. The average Bonchev–Trinajstić information content (AvgIpc) is 3.09. The van der Waals surface area contributed by atoms with Crippen LogP contribution in [0, 0.1) is 11.3 Å². The quantitative estimate of drug-likeness (QED) is 0.536. The van der Waals surface area contributed by atoms with Gasteiger partial charge in [0.25, 0.3) is 5.91 Å². The second-order valence-electron chi connectivity index (χ2n) is 8.83. The van der Waals surface area contributed by atoms with Crippen LogP contribution in [0.1, 0.15) is 26.3 Å². The van der Waals surface area contributed by atoms with Crippen LogP contribution in [0.3, 0.4) is 0 Å². The molecule has 9 nitrogen and oxygen atoms in total. The molecule has 1 fully saturated rings. The van der Waals surface area contributed by atoms with Gasteiger partial charge in [0.15, 0.2) is 5.82 Å². The first-order valence-electron chi connectivity index (χ1n) is 10.3. The number of halogens is 1. The van der Waals surface area contributed by atoms with E-state index in [1.54, 1.807) is 12.1 Å². The monoisotopic (exact) mass is 477 g/mol. The fourth-order valence-corrected chi connectivity index (χ4v) is 4.80. The summed E-state index contributed by atoms with van der Waals surface area (Å²) in [7, 11) is 25.3. The molecule has 3 aromatic rings. The molecule has 4 rings (SSSR count). The highest BCUT2D eigenvalue weighted by Gasteiger charge is 2.59. The van der Waals surface area contributed by atoms with E-state index in [4.69, 9.17) is 48.7 Å². The van der Waals surface area contributed by atoms with Crippen molar-refractivity contribution >= 4 is 71.8 Å². The van der Waals surface area contributed by atoms with Crippen LogP contribution < -0.4 is 10.6 Å². The molecule has 0 spiro atoms. The molecule has 0 bridgehead atoms. The molecule has 35 heavy (non-hydrogen) atoms. The van der Waals surface area contributed by atoms with Gasteiger partial charge >= 0.3 is 0 Å². The van der Waals surface area contributed by atoms with Crippen molar-refractivity contribution in [3.63, 3.8) is 0 Å². The van der Waals surface area contributed by atoms with Gasteiger partial charge in [-0.3, -0.25) is 9.59 Å². The number of fused-ring (bicyclic) bond motifs is 1. The summed E-state index contributed by atoms with van der Waals surface area (Å²) in [6.07, 6.45) is 1.27. The molecule has 14 heteroatoms. The first-order chi connectivity index (χ1) is 16.2. The molecule has 2 N–H and O–H groups in total. The molecule has 1 aromatic carbocycles. The van der Waals surface area contributed by atoms with E-state index in [0.717, 1.165) is 9.80 Å². The number of hydrogen-bond donors (Lipinski definition) is 1. The van der Waals surface area contributed by atoms with Crippen LogP contribution in [-0.2, 0) is 9.59 Å². The number of anilines is 2. The van der Waals surface area contributed by atoms with Crippen molar-refractivity contribution in [2.24, 2.45) is 0 Å². The highest BCUT2D eigenvalue weighted by atomic mass is 35.5. The van der Waals surface area contributed by atoms with Crippen molar-refractivity contribution in [1.82, 2.24) is 19.5 Å². The number of carbonyl (C=O) groups is 2. The topological polar surface area (TPSA) is 121 Å². The number of piperazine rings is 1. The van der Waals surface area contributed by atoms with Gasteiger partial charge in [-0.25, -0.2) is 9.50 Å². The number of nitrogens with two attached hydrogens (primary N) is 1. The first-order valence-corrected chi connectivity index (χ1v) is 10.7. The molecule has 1 aliphatic rings. The van der Waals surface area contributed by atoms with Gasteiger partial charge in [-0.15, -0.1) is 0 Å². The Kier molecular flexibility index (Phi) is 5.52. The molecular weight excluding hydrogens is 461 g/mol. The van der Waals surface area contributed by atoms with Crippen molar-refractivity contribution in [1.29, 1.82) is 5.26 Å². The molecule has 1 saturated heterocycles. The summed E-state index contributed by atoms with van der Waals surface area (Å²) in [4.78, 5) is 32.0. The van der Waals surface area contributed by atoms with Crippen molar-refractivity contribution in [3.05, 3.63) is 41.2 Å². The predicted octanol–water partition coefficient (Wildman–Crippen LogP) is 0.459. The van der Waals surface area contributed by atoms with Gasteiger partial charge in [0.05, 0.1) is 53.4 Å². The van der Waals surface area contributed by atoms with Crippen LogP contribution in [0.25, 0.3) is 16.8 Å². The zero-order chi connectivity index (χ0) is 26.1. The van der Waals surface area contributed by atoms with E-state index in [0.29, 0.717) is 21.8 Å². The molecule has 0 saturated carbocycles. The lowest BCUT2D eigenvalue weighted by Crippen LogP contribution is -2.85. The summed E-state index contributed by atoms with van der Waals surface area (Å²) in [5.74, 6) is -1.13. The maximum Gasteiger partial charge on any atom is 0.251 e. The molecule has 0 unspecified atom stereocenters. The fraction of sp³-hybridized carbons (Fsp3) is 0.286. The van der Waals surface area contributed by atoms with Crippen molar-refractivity contribution in [3.8, 4) is 17.3 Å². The summed E-state index contributed by atoms with van der Waals surface area (Å²) in [6, 6.07) is 8.26. The van der Waals surface area contributed by atoms with Crippen molar-refractivity contribution in [2.75, 3.05) is 10.6 Å². The molecular formula is C21H16B4ClN7O2. The highest BCUT2D eigenvalue weighted by molar-refractivity contribution is 6.58. The van der Waals surface area contributed by atoms with E-state index in [-0.39, 0.29) is 17.1 Å². The van der Waals surface area contributed by atoms with Crippen LogP contribution in [0.15, 0.2) is 30.6 Å². The Hall–Kier alpha value is -3.38. The second kappa shape index (κ2) is 7.82. The zero-order valence-corrected chi connectivity index (χ0v) is 19.9. The van der Waals surface area contributed by atoms with Crippen LogP contribution in [0.5, 0.6) is 0 Å². The lowest BCUT2D eigenvalue weighted by atomic mass is 9.35. The normalized spacial score (nSPS) is 18.4. The predicted molar refractivity (Wildman–Crippen MR) is 135 cm³/mol. The number of nitrogen functional groups attached to an aromatic ring is 1. The number of amides is 2. The van der Waals surface area contributed by atoms with Crippen LogP contribution in [-0.4, -0.2) is 78.9 Å². The van der Waals surface area contributed by atoms with E-state index in [1.807, 2.05) is 6.07 Å². The number of nitriles is 1. The number of nitrogens with zero attached hydrogens (tertiary/aromatic N) is 6. The maximum absolute atomic E-state index is 13.7. The fourth-order valence-electron chi connectivity index (χ4n) is 4.52. The molecule has 2 aromatic heterocycles. The molecule has 8 radical (unpaired) electrons. The third-order valence-electron chi connectivity index (χ3n) is 6.17. The Bertz CT molecular complexity index is 1450. The lowest BCUT2D eigenvalue weighted by molar-refractivity contribution is -0.150. The average molecular weight is 477 g/mol. The number of benzene rings is 1. The minimum Gasteiger partial charge on any atom is -0.382 e. The molecule has 1 aliphatic heterocycles. The number of rotatable bonds is 2. The number of hydrogen-bond acceptors (Lipinski definition) is 6. The SMILES string of the molecule is [B]C1([B])N(c2cc(-c3cc(Cl)c4c(N)ncnn34)ccc2C#N)C(=O)C(C)(C)N(C(C)=O)C1([B])[B]. The third-order valence-corrected chi connectivity index (χ3v) is 6.46. The Morgan fingerprint density at radius 2 is 1.83 bits per heavy atom. The van der Waals surface area contributed by atoms with E-state index in [9.17, 15) is 14.9 Å². The maximum atomic E-state index is 13.7. The summed E-state index contributed by atoms with van der Waals surface area (Å²) < 4.78 is 1.48. The molecule has 166 valence electrons.